The van der Waals surface area contributed by atoms with E-state index in [2.05, 4.69) is 10.4 Å². The summed E-state index contributed by atoms with van der Waals surface area (Å²) in [7, 11) is 0. The van der Waals surface area contributed by atoms with Crippen LogP contribution in [0, 0.1) is 13.8 Å². The van der Waals surface area contributed by atoms with Crippen LogP contribution in [-0.2, 0) is 11.3 Å². The Morgan fingerprint density at radius 3 is 2.41 bits per heavy atom. The predicted molar refractivity (Wildman–Crippen MR) is 65.0 cm³/mol. The molecule has 5 heteroatoms. The molecule has 0 saturated heterocycles. The maximum atomic E-state index is 11.7. The van der Waals surface area contributed by atoms with E-state index in [0.29, 0.717) is 11.3 Å². The Hall–Kier alpha value is -1.65. The molecule has 0 unspecified atom stereocenters. The van der Waals surface area contributed by atoms with E-state index in [1.165, 1.54) is 0 Å². The second-order valence-corrected chi connectivity index (χ2v) is 5.16. The van der Waals surface area contributed by atoms with Gasteiger partial charge in [-0.25, -0.2) is 0 Å². The lowest BCUT2D eigenvalue weighted by atomic mass is 10.1. The lowest BCUT2D eigenvalue weighted by molar-refractivity contribution is -0.123. The van der Waals surface area contributed by atoms with E-state index in [9.17, 15) is 9.59 Å². The van der Waals surface area contributed by atoms with Crippen molar-refractivity contribution in [2.45, 2.75) is 46.7 Å². The monoisotopic (exact) mass is 237 g/mol. The van der Waals surface area contributed by atoms with E-state index >= 15 is 0 Å². The average molecular weight is 237 g/mol. The molecule has 1 N–H and O–H groups in total. The molecule has 0 atom stereocenters. The Morgan fingerprint density at radius 2 is 2.00 bits per heavy atom. The first kappa shape index (κ1) is 13.4. The van der Waals surface area contributed by atoms with Crippen molar-refractivity contribution in [2.75, 3.05) is 0 Å². The van der Waals surface area contributed by atoms with Crippen molar-refractivity contribution in [3.8, 4) is 0 Å². The number of hydrogen-bond donors (Lipinski definition) is 1. The highest BCUT2D eigenvalue weighted by Gasteiger charge is 2.17. The van der Waals surface area contributed by atoms with Crippen LogP contribution < -0.4 is 5.32 Å². The second-order valence-electron chi connectivity index (χ2n) is 5.16. The molecule has 0 radical (unpaired) electrons. The van der Waals surface area contributed by atoms with Gasteiger partial charge in [-0.15, -0.1) is 0 Å². The lowest BCUT2D eigenvalue weighted by Gasteiger charge is -2.20. The summed E-state index contributed by atoms with van der Waals surface area (Å²) < 4.78 is 1.56. The van der Waals surface area contributed by atoms with Crippen LogP contribution in [0.2, 0.25) is 0 Å². The number of carbonyl (C=O) groups excluding carboxylic acids is 2. The number of hydrogen-bond acceptors (Lipinski definition) is 3. The molecule has 0 aliphatic heterocycles. The highest BCUT2D eigenvalue weighted by atomic mass is 16.2. The first-order chi connectivity index (χ1) is 7.74. The Morgan fingerprint density at radius 1 is 1.41 bits per heavy atom. The molecule has 1 aromatic heterocycles. The van der Waals surface area contributed by atoms with Gasteiger partial charge in [0.2, 0.25) is 5.91 Å². The molecule has 1 amide bonds. The Bertz CT molecular complexity index is 441. The maximum Gasteiger partial charge on any atom is 0.242 e. The van der Waals surface area contributed by atoms with Gasteiger partial charge in [0.05, 0.1) is 11.3 Å². The molecule has 1 heterocycles. The number of rotatable bonds is 3. The van der Waals surface area contributed by atoms with E-state index in [-0.39, 0.29) is 18.0 Å². The number of nitrogens with zero attached hydrogens (tertiary/aromatic N) is 2. The molecule has 17 heavy (non-hydrogen) atoms. The molecule has 0 aliphatic carbocycles. The largest absolute Gasteiger partial charge is 0.350 e. The van der Waals surface area contributed by atoms with Gasteiger partial charge < -0.3 is 5.32 Å². The van der Waals surface area contributed by atoms with Crippen LogP contribution in [0.5, 0.6) is 0 Å². The minimum atomic E-state index is -0.263. The van der Waals surface area contributed by atoms with Gasteiger partial charge >= 0.3 is 0 Å². The fraction of sp³-hybridized carbons (Fsp3) is 0.583. The van der Waals surface area contributed by atoms with Gasteiger partial charge in [-0.3, -0.25) is 14.3 Å². The molecule has 0 aromatic carbocycles. The number of amides is 1. The highest BCUT2D eigenvalue weighted by Crippen LogP contribution is 2.10. The van der Waals surface area contributed by atoms with Gasteiger partial charge in [-0.1, -0.05) is 0 Å². The van der Waals surface area contributed by atoms with Crippen molar-refractivity contribution in [2.24, 2.45) is 0 Å². The SMILES string of the molecule is Cc1nn(CC(=O)NC(C)(C)C)c(C)c1C=O. The summed E-state index contributed by atoms with van der Waals surface area (Å²) in [5, 5.41) is 7.03. The number of nitrogens with one attached hydrogen (secondary N) is 1. The molecule has 0 fully saturated rings. The lowest BCUT2D eigenvalue weighted by Crippen LogP contribution is -2.42. The zero-order chi connectivity index (χ0) is 13.2. The third kappa shape index (κ3) is 3.41. The topological polar surface area (TPSA) is 64.0 Å². The van der Waals surface area contributed by atoms with Crippen LogP contribution in [-0.4, -0.2) is 27.5 Å². The molecule has 0 spiro atoms. The van der Waals surface area contributed by atoms with Crippen molar-refractivity contribution in [3.05, 3.63) is 17.0 Å². The summed E-state index contributed by atoms with van der Waals surface area (Å²) in [6.07, 6.45) is 0.774. The summed E-state index contributed by atoms with van der Waals surface area (Å²) in [4.78, 5) is 22.6. The zero-order valence-corrected chi connectivity index (χ0v) is 11.0. The third-order valence-corrected chi connectivity index (χ3v) is 2.36. The molecule has 94 valence electrons. The Balaban J connectivity index is 2.83. The predicted octanol–water partition coefficient (Wildman–Crippen LogP) is 1.23. The third-order valence-electron chi connectivity index (χ3n) is 2.36. The molecule has 1 rings (SSSR count). The molecular weight excluding hydrogens is 218 g/mol. The van der Waals surface area contributed by atoms with Crippen molar-refractivity contribution < 1.29 is 9.59 Å². The van der Waals surface area contributed by atoms with Crippen molar-refractivity contribution in [1.82, 2.24) is 15.1 Å². The van der Waals surface area contributed by atoms with Gasteiger partial charge in [-0.05, 0) is 34.6 Å². The van der Waals surface area contributed by atoms with Crippen molar-refractivity contribution >= 4 is 12.2 Å². The van der Waals surface area contributed by atoms with Gasteiger partial charge in [0.1, 0.15) is 6.54 Å². The zero-order valence-electron chi connectivity index (χ0n) is 11.0. The number of carbonyl (C=O) groups is 2. The quantitative estimate of drug-likeness (QED) is 0.804. The molecule has 5 nitrogen and oxygen atoms in total. The van der Waals surface area contributed by atoms with Crippen LogP contribution in [0.15, 0.2) is 0 Å². The Kier molecular flexibility index (Phi) is 3.70. The van der Waals surface area contributed by atoms with Gasteiger partial charge in [0.15, 0.2) is 6.29 Å². The number of aromatic nitrogens is 2. The number of aldehydes is 1. The summed E-state index contributed by atoms with van der Waals surface area (Å²) in [6.45, 7) is 9.44. The fourth-order valence-corrected chi connectivity index (χ4v) is 1.63. The maximum absolute atomic E-state index is 11.7. The molecular formula is C12H19N3O2. The summed E-state index contributed by atoms with van der Waals surface area (Å²) in [5.41, 5.74) is 1.68. The van der Waals surface area contributed by atoms with E-state index < -0.39 is 0 Å². The average Bonchev–Trinajstić information content (AvgIpc) is 2.38. The van der Waals surface area contributed by atoms with Crippen LogP contribution in [0.1, 0.15) is 42.5 Å². The van der Waals surface area contributed by atoms with Crippen LogP contribution in [0.3, 0.4) is 0 Å². The van der Waals surface area contributed by atoms with Crippen molar-refractivity contribution in [3.63, 3.8) is 0 Å². The summed E-state index contributed by atoms with van der Waals surface area (Å²) >= 11 is 0. The van der Waals surface area contributed by atoms with E-state index in [1.54, 1.807) is 18.5 Å². The normalized spacial score (nSPS) is 11.4. The summed E-state index contributed by atoms with van der Waals surface area (Å²) in [6, 6.07) is 0. The van der Waals surface area contributed by atoms with E-state index in [4.69, 9.17) is 0 Å². The fourth-order valence-electron chi connectivity index (χ4n) is 1.63. The molecule has 0 aliphatic rings. The minimum absolute atomic E-state index is 0.111. The second kappa shape index (κ2) is 4.69. The van der Waals surface area contributed by atoms with Crippen LogP contribution in [0.25, 0.3) is 0 Å². The smallest absolute Gasteiger partial charge is 0.242 e. The van der Waals surface area contributed by atoms with Crippen molar-refractivity contribution in [1.29, 1.82) is 0 Å². The van der Waals surface area contributed by atoms with Gasteiger partial charge in [0, 0.05) is 11.2 Å². The first-order valence-electron chi connectivity index (χ1n) is 5.55. The molecule has 1 aromatic rings. The van der Waals surface area contributed by atoms with Gasteiger partial charge in [0.25, 0.3) is 0 Å². The molecule has 0 saturated carbocycles. The molecule has 0 bridgehead atoms. The van der Waals surface area contributed by atoms with Crippen LogP contribution in [0.4, 0.5) is 0 Å². The van der Waals surface area contributed by atoms with E-state index in [0.717, 1.165) is 12.0 Å². The number of aryl methyl sites for hydroxylation is 1. The van der Waals surface area contributed by atoms with E-state index in [1.807, 2.05) is 20.8 Å². The first-order valence-corrected chi connectivity index (χ1v) is 5.55. The highest BCUT2D eigenvalue weighted by molar-refractivity contribution is 5.79. The van der Waals surface area contributed by atoms with Crippen LogP contribution >= 0.6 is 0 Å². The minimum Gasteiger partial charge on any atom is -0.350 e. The Labute approximate surface area is 101 Å². The van der Waals surface area contributed by atoms with Gasteiger partial charge in [-0.2, -0.15) is 5.10 Å². The summed E-state index contributed by atoms with van der Waals surface area (Å²) in [5.74, 6) is -0.111. The standard InChI is InChI=1S/C12H19N3O2/c1-8-10(7-16)9(2)15(14-8)6-11(17)13-12(3,4)5/h7H,6H2,1-5H3,(H,13,17).